The molecule has 6 heteroatoms. The maximum absolute atomic E-state index is 13.3. The number of urea groups is 1. The van der Waals surface area contributed by atoms with Crippen LogP contribution in [0.25, 0.3) is 0 Å². The van der Waals surface area contributed by atoms with Crippen molar-refractivity contribution in [3.05, 3.63) is 35.9 Å². The highest BCUT2D eigenvalue weighted by Gasteiger charge is 2.47. The van der Waals surface area contributed by atoms with Gasteiger partial charge in [-0.25, -0.2) is 4.79 Å². The molecule has 1 aliphatic carbocycles. The van der Waals surface area contributed by atoms with Crippen LogP contribution in [0.3, 0.4) is 0 Å². The van der Waals surface area contributed by atoms with Gasteiger partial charge in [0, 0.05) is 19.1 Å². The highest BCUT2D eigenvalue weighted by Crippen LogP contribution is 2.45. The van der Waals surface area contributed by atoms with Crippen molar-refractivity contribution < 1.29 is 14.3 Å². The average Bonchev–Trinajstić information content (AvgIpc) is 2.82. The van der Waals surface area contributed by atoms with Crippen LogP contribution in [0.1, 0.15) is 38.5 Å². The Bertz CT molecular complexity index is 871. The molecular weight excluding hydrogens is 390 g/mol. The Morgan fingerprint density at radius 3 is 2.97 bits per heavy atom. The molecule has 1 aromatic carbocycles. The summed E-state index contributed by atoms with van der Waals surface area (Å²) in [7, 11) is 0. The lowest BCUT2D eigenvalue weighted by Gasteiger charge is -2.54. The highest BCUT2D eigenvalue weighted by molar-refractivity contribution is 5.75. The molecule has 2 amide bonds. The van der Waals surface area contributed by atoms with Crippen molar-refractivity contribution in [1.82, 2.24) is 15.1 Å². The number of carbonyl (C=O) groups is 1. The van der Waals surface area contributed by atoms with Crippen LogP contribution in [0.5, 0.6) is 11.5 Å². The summed E-state index contributed by atoms with van der Waals surface area (Å²) in [6.45, 7) is 4.18. The number of ether oxygens (including phenoxy) is 2. The lowest BCUT2D eigenvalue weighted by atomic mass is 9.68. The number of amides is 2. The van der Waals surface area contributed by atoms with Gasteiger partial charge in [0.25, 0.3) is 0 Å². The summed E-state index contributed by atoms with van der Waals surface area (Å²) in [6, 6.07) is 8.79. The molecule has 6 rings (SSSR count). The van der Waals surface area contributed by atoms with Gasteiger partial charge >= 0.3 is 6.03 Å². The number of fused-ring (bicyclic) bond motifs is 7. The van der Waals surface area contributed by atoms with E-state index >= 15 is 0 Å². The van der Waals surface area contributed by atoms with E-state index in [-0.39, 0.29) is 18.2 Å². The molecule has 31 heavy (non-hydrogen) atoms. The first-order valence-electron chi connectivity index (χ1n) is 12.1. The molecule has 0 saturated carbocycles. The van der Waals surface area contributed by atoms with Gasteiger partial charge < -0.3 is 19.7 Å². The zero-order chi connectivity index (χ0) is 20.8. The standard InChI is InChI=1S/C25H33N3O3/c29-25(26-14-20-16-30-22-8-1-2-9-23(22)31-20)28-11-5-6-17-12-18-13-19(24(17)28)15-27-10-4-3-7-21(18)27/h1-2,8-9,12,18-21,24H,3-7,10-11,13-16H2,(H,26,29)/t18-,19-,20?,21?,24?/m0/s1. The van der Waals surface area contributed by atoms with E-state index in [9.17, 15) is 4.79 Å². The van der Waals surface area contributed by atoms with Gasteiger partial charge in [-0.3, -0.25) is 4.90 Å². The highest BCUT2D eigenvalue weighted by atomic mass is 16.6. The minimum Gasteiger partial charge on any atom is -0.486 e. The third-order valence-electron chi connectivity index (χ3n) is 7.97. The van der Waals surface area contributed by atoms with E-state index in [1.54, 1.807) is 0 Å². The number of rotatable bonds is 2. The largest absolute Gasteiger partial charge is 0.486 e. The first kappa shape index (κ1) is 19.5. The van der Waals surface area contributed by atoms with Crippen LogP contribution in [0.4, 0.5) is 4.79 Å². The Morgan fingerprint density at radius 1 is 1.13 bits per heavy atom. The van der Waals surface area contributed by atoms with Crippen LogP contribution < -0.4 is 14.8 Å². The van der Waals surface area contributed by atoms with Gasteiger partial charge in [0.2, 0.25) is 0 Å². The fourth-order valence-electron chi connectivity index (χ4n) is 6.67. The van der Waals surface area contributed by atoms with Crippen molar-refractivity contribution >= 4 is 6.03 Å². The van der Waals surface area contributed by atoms with Crippen molar-refractivity contribution in [3.63, 3.8) is 0 Å². The smallest absolute Gasteiger partial charge is 0.318 e. The van der Waals surface area contributed by atoms with Crippen LogP contribution in [0, 0.1) is 11.8 Å². The number of hydrogen-bond acceptors (Lipinski definition) is 4. The number of benzene rings is 1. The van der Waals surface area contributed by atoms with Gasteiger partial charge in [0.1, 0.15) is 6.61 Å². The Hall–Kier alpha value is -2.21. The van der Waals surface area contributed by atoms with Crippen LogP contribution in [-0.2, 0) is 0 Å². The second-order valence-corrected chi connectivity index (χ2v) is 9.88. The molecule has 4 heterocycles. The molecule has 1 aromatic rings. The fourth-order valence-corrected chi connectivity index (χ4v) is 6.67. The molecule has 3 unspecified atom stereocenters. The van der Waals surface area contributed by atoms with E-state index in [4.69, 9.17) is 9.47 Å². The lowest BCUT2D eigenvalue weighted by molar-refractivity contribution is 0.00747. The van der Waals surface area contributed by atoms with Crippen LogP contribution >= 0.6 is 0 Å². The lowest BCUT2D eigenvalue weighted by Crippen LogP contribution is -2.61. The molecule has 5 aliphatic rings. The third-order valence-corrected chi connectivity index (χ3v) is 7.97. The molecule has 6 nitrogen and oxygen atoms in total. The number of piperidine rings is 3. The molecule has 0 spiro atoms. The van der Waals surface area contributed by atoms with Crippen LogP contribution in [-0.4, -0.2) is 66.8 Å². The van der Waals surface area contributed by atoms with Gasteiger partial charge in [0.15, 0.2) is 17.6 Å². The zero-order valence-electron chi connectivity index (χ0n) is 18.2. The van der Waals surface area contributed by atoms with Crippen molar-refractivity contribution in [2.45, 2.75) is 56.7 Å². The molecule has 5 atom stereocenters. The van der Waals surface area contributed by atoms with Gasteiger partial charge in [-0.05, 0) is 62.6 Å². The summed E-state index contributed by atoms with van der Waals surface area (Å²) >= 11 is 0. The minimum atomic E-state index is -0.154. The number of para-hydroxylation sites is 2. The van der Waals surface area contributed by atoms with Crippen molar-refractivity contribution in [3.8, 4) is 11.5 Å². The molecule has 0 aromatic heterocycles. The topological polar surface area (TPSA) is 54.0 Å². The van der Waals surface area contributed by atoms with Gasteiger partial charge in [-0.2, -0.15) is 0 Å². The molecule has 4 aliphatic heterocycles. The summed E-state index contributed by atoms with van der Waals surface area (Å²) < 4.78 is 11.8. The van der Waals surface area contributed by atoms with Crippen LogP contribution in [0.2, 0.25) is 0 Å². The number of carbonyl (C=O) groups excluding carboxylic acids is 1. The zero-order valence-corrected chi connectivity index (χ0v) is 18.2. The predicted octanol–water partition coefficient (Wildman–Crippen LogP) is 3.43. The monoisotopic (exact) mass is 423 g/mol. The van der Waals surface area contributed by atoms with Crippen molar-refractivity contribution in [1.29, 1.82) is 0 Å². The van der Waals surface area contributed by atoms with E-state index < -0.39 is 0 Å². The number of nitrogens with zero attached hydrogens (tertiary/aromatic N) is 2. The Balaban J connectivity index is 1.13. The SMILES string of the molecule is O=C(NCC1COc2ccccc2O1)N1CCCC2=C[C@H]3C[C@@H](CN4CCCCC34)C21. The quantitative estimate of drug-likeness (QED) is 0.741. The van der Waals surface area contributed by atoms with Gasteiger partial charge in [-0.1, -0.05) is 30.2 Å². The van der Waals surface area contributed by atoms with E-state index in [0.717, 1.165) is 43.5 Å². The van der Waals surface area contributed by atoms with E-state index in [1.807, 2.05) is 24.3 Å². The minimum absolute atomic E-state index is 0.0530. The Labute approximate surface area is 184 Å². The molecular formula is C25H33N3O3. The average molecular weight is 424 g/mol. The number of nitrogens with one attached hydrogen (secondary N) is 1. The maximum atomic E-state index is 13.3. The third kappa shape index (κ3) is 3.59. The molecule has 0 radical (unpaired) electrons. The number of likely N-dealkylation sites (tertiary alicyclic amines) is 1. The van der Waals surface area contributed by atoms with Gasteiger partial charge in [-0.15, -0.1) is 0 Å². The van der Waals surface area contributed by atoms with Crippen LogP contribution in [0.15, 0.2) is 35.9 Å². The summed E-state index contributed by atoms with van der Waals surface area (Å²) in [4.78, 5) is 18.1. The molecule has 3 fully saturated rings. The predicted molar refractivity (Wildman–Crippen MR) is 118 cm³/mol. The number of hydrogen-bond donors (Lipinski definition) is 1. The van der Waals surface area contributed by atoms with Gasteiger partial charge in [0.05, 0.1) is 12.6 Å². The normalized spacial score (nSPS) is 34.3. The first-order chi connectivity index (χ1) is 15.3. The fraction of sp³-hybridized carbons (Fsp3) is 0.640. The summed E-state index contributed by atoms with van der Waals surface area (Å²) in [5, 5.41) is 3.16. The van der Waals surface area contributed by atoms with Crippen molar-refractivity contribution in [2.75, 3.05) is 32.8 Å². The second-order valence-electron chi connectivity index (χ2n) is 9.88. The summed E-state index contributed by atoms with van der Waals surface area (Å²) in [5.74, 6) is 2.81. The summed E-state index contributed by atoms with van der Waals surface area (Å²) in [6.07, 6.45) is 9.94. The Kier molecular flexibility index (Phi) is 5.05. The first-order valence-corrected chi connectivity index (χ1v) is 12.1. The molecule has 3 saturated heterocycles. The molecule has 166 valence electrons. The Morgan fingerprint density at radius 2 is 2.03 bits per heavy atom. The summed E-state index contributed by atoms with van der Waals surface area (Å²) in [5.41, 5.74) is 1.53. The maximum Gasteiger partial charge on any atom is 0.318 e. The molecule has 2 bridgehead atoms. The van der Waals surface area contributed by atoms with E-state index in [1.165, 1.54) is 37.8 Å². The van der Waals surface area contributed by atoms with E-state index in [2.05, 4.69) is 21.2 Å². The van der Waals surface area contributed by atoms with Crippen molar-refractivity contribution in [2.24, 2.45) is 11.8 Å². The molecule has 1 N–H and O–H groups in total. The second kappa shape index (κ2) is 8.05. The van der Waals surface area contributed by atoms with E-state index in [0.29, 0.717) is 25.0 Å².